The number of carbonyl (C=O) groups is 1. The van der Waals surface area contributed by atoms with Crippen molar-refractivity contribution < 1.29 is 18.9 Å². The summed E-state index contributed by atoms with van der Waals surface area (Å²) >= 11 is 6.11. The first-order valence-electron chi connectivity index (χ1n) is 10.8. The van der Waals surface area contributed by atoms with Gasteiger partial charge in [-0.15, -0.1) is 0 Å². The number of nitrogens with zero attached hydrogens (tertiary/aromatic N) is 2. The summed E-state index contributed by atoms with van der Waals surface area (Å²) in [6, 6.07) is 17.3. The van der Waals surface area contributed by atoms with Gasteiger partial charge in [0.2, 0.25) is 5.76 Å². The Bertz CT molecular complexity index is 1510. The van der Waals surface area contributed by atoms with Gasteiger partial charge in [-0.25, -0.2) is 0 Å². The quantitative estimate of drug-likeness (QED) is 0.273. The molecule has 35 heavy (non-hydrogen) atoms. The van der Waals surface area contributed by atoms with E-state index in [0.717, 1.165) is 11.3 Å². The van der Waals surface area contributed by atoms with Gasteiger partial charge >= 0.3 is 0 Å². The Balaban J connectivity index is 1.60. The second-order valence-electron chi connectivity index (χ2n) is 8.16. The lowest BCUT2D eigenvalue weighted by Gasteiger charge is -2.25. The van der Waals surface area contributed by atoms with Crippen molar-refractivity contribution in [3.63, 3.8) is 0 Å². The molecular weight excluding hydrogens is 472 g/mol. The topological polar surface area (TPSA) is 103 Å². The van der Waals surface area contributed by atoms with Crippen LogP contribution in [0.15, 0.2) is 75.9 Å². The molecule has 176 valence electrons. The summed E-state index contributed by atoms with van der Waals surface area (Å²) in [4.78, 5) is 39.2. The molecule has 1 aliphatic heterocycles. The Morgan fingerprint density at radius 3 is 2.43 bits per heavy atom. The molecule has 0 saturated heterocycles. The molecule has 0 N–H and O–H groups in total. The third kappa shape index (κ3) is 4.02. The standard InChI is InChI=1S/C26H19ClN2O6/c1-34-19-9-2-15(3-10-19)12-13-28-23(16-4-7-18(8-5-16)29(32)33)22-24(30)20-14-17(27)6-11-21(20)35-25(22)26(28)31/h2-11,14,23H,12-13H2,1H3. The monoisotopic (exact) mass is 490 g/mol. The van der Waals surface area contributed by atoms with Crippen molar-refractivity contribution >= 4 is 34.2 Å². The Kier molecular flexibility index (Phi) is 5.74. The lowest BCUT2D eigenvalue weighted by atomic mass is 9.98. The Morgan fingerprint density at radius 2 is 1.77 bits per heavy atom. The van der Waals surface area contributed by atoms with E-state index in [-0.39, 0.29) is 33.4 Å². The molecule has 0 spiro atoms. The van der Waals surface area contributed by atoms with Gasteiger partial charge in [0.05, 0.1) is 29.0 Å². The van der Waals surface area contributed by atoms with Gasteiger partial charge < -0.3 is 14.1 Å². The molecular formula is C26H19ClN2O6. The number of amides is 1. The van der Waals surface area contributed by atoms with Gasteiger partial charge in [0.1, 0.15) is 11.3 Å². The van der Waals surface area contributed by atoms with Crippen LogP contribution in [0.5, 0.6) is 5.75 Å². The summed E-state index contributed by atoms with van der Waals surface area (Å²) < 4.78 is 11.1. The van der Waals surface area contributed by atoms with Gasteiger partial charge in [-0.2, -0.15) is 0 Å². The molecule has 1 aliphatic rings. The lowest BCUT2D eigenvalue weighted by molar-refractivity contribution is -0.384. The highest BCUT2D eigenvalue weighted by atomic mass is 35.5. The number of rotatable bonds is 6. The fourth-order valence-corrected chi connectivity index (χ4v) is 4.56. The Morgan fingerprint density at radius 1 is 1.06 bits per heavy atom. The normalized spacial score (nSPS) is 14.9. The van der Waals surface area contributed by atoms with Gasteiger partial charge in [-0.1, -0.05) is 23.7 Å². The zero-order chi connectivity index (χ0) is 24.7. The molecule has 3 aromatic carbocycles. The number of ether oxygens (including phenoxy) is 1. The van der Waals surface area contributed by atoms with Crippen LogP contribution < -0.4 is 10.2 Å². The van der Waals surface area contributed by atoms with Crippen molar-refractivity contribution in [2.24, 2.45) is 0 Å². The van der Waals surface area contributed by atoms with E-state index in [0.29, 0.717) is 23.6 Å². The predicted molar refractivity (Wildman–Crippen MR) is 130 cm³/mol. The van der Waals surface area contributed by atoms with E-state index in [9.17, 15) is 19.7 Å². The molecule has 5 rings (SSSR count). The molecule has 1 atom stereocenters. The number of halogens is 1. The predicted octanol–water partition coefficient (Wildman–Crippen LogP) is 5.15. The van der Waals surface area contributed by atoms with E-state index in [1.54, 1.807) is 36.3 Å². The van der Waals surface area contributed by atoms with Crippen LogP contribution in [0.25, 0.3) is 11.0 Å². The zero-order valence-corrected chi connectivity index (χ0v) is 19.3. The number of non-ortho nitro benzene ring substituents is 1. The third-order valence-electron chi connectivity index (χ3n) is 6.15. The second kappa shape index (κ2) is 8.88. The van der Waals surface area contributed by atoms with E-state index in [1.807, 2.05) is 24.3 Å². The first kappa shape index (κ1) is 22.6. The summed E-state index contributed by atoms with van der Waals surface area (Å²) in [5, 5.41) is 11.8. The van der Waals surface area contributed by atoms with Crippen molar-refractivity contribution in [1.29, 1.82) is 0 Å². The summed E-state index contributed by atoms with van der Waals surface area (Å²) in [5.41, 5.74) is 1.59. The van der Waals surface area contributed by atoms with Crippen LogP contribution in [-0.2, 0) is 6.42 Å². The van der Waals surface area contributed by atoms with Crippen molar-refractivity contribution in [3.05, 3.63) is 115 Å². The fraction of sp³-hybridized carbons (Fsp3) is 0.154. The minimum Gasteiger partial charge on any atom is -0.497 e. The number of carbonyl (C=O) groups excluding carboxylic acids is 1. The Labute approximate surface area is 204 Å². The van der Waals surface area contributed by atoms with E-state index in [2.05, 4.69) is 0 Å². The Hall–Kier alpha value is -4.17. The maximum atomic E-state index is 13.5. The molecule has 1 aromatic heterocycles. The summed E-state index contributed by atoms with van der Waals surface area (Å²) in [6.07, 6.45) is 0.521. The van der Waals surface area contributed by atoms with Crippen LogP contribution in [0, 0.1) is 10.1 Å². The van der Waals surface area contributed by atoms with Gasteiger partial charge in [0.15, 0.2) is 5.43 Å². The maximum absolute atomic E-state index is 13.5. The molecule has 0 radical (unpaired) electrons. The molecule has 1 amide bonds. The van der Waals surface area contributed by atoms with Crippen molar-refractivity contribution in [2.45, 2.75) is 12.5 Å². The smallest absolute Gasteiger partial charge is 0.290 e. The van der Waals surface area contributed by atoms with Crippen molar-refractivity contribution in [3.8, 4) is 5.75 Å². The molecule has 4 aromatic rings. The van der Waals surface area contributed by atoms with E-state index in [1.165, 1.54) is 18.2 Å². The molecule has 2 heterocycles. The maximum Gasteiger partial charge on any atom is 0.290 e. The molecule has 0 bridgehead atoms. The average Bonchev–Trinajstić information content (AvgIpc) is 3.15. The highest BCUT2D eigenvalue weighted by Gasteiger charge is 2.42. The first-order chi connectivity index (χ1) is 16.9. The van der Waals surface area contributed by atoms with Crippen molar-refractivity contribution in [1.82, 2.24) is 4.90 Å². The highest BCUT2D eigenvalue weighted by Crippen LogP contribution is 2.39. The van der Waals surface area contributed by atoms with Gasteiger partial charge in [0, 0.05) is 23.7 Å². The van der Waals surface area contributed by atoms with E-state index >= 15 is 0 Å². The summed E-state index contributed by atoms with van der Waals surface area (Å²) in [6.45, 7) is 0.299. The summed E-state index contributed by atoms with van der Waals surface area (Å²) in [5.74, 6) is 0.288. The fourth-order valence-electron chi connectivity index (χ4n) is 4.39. The largest absolute Gasteiger partial charge is 0.497 e. The number of hydrogen-bond donors (Lipinski definition) is 0. The SMILES string of the molecule is COc1ccc(CCN2C(=O)c3oc4ccc(Cl)cc4c(=O)c3C2c2ccc([N+](=O)[O-])cc2)cc1. The number of nitro benzene ring substituents is 1. The van der Waals surface area contributed by atoms with Crippen LogP contribution in [0.2, 0.25) is 5.02 Å². The number of methoxy groups -OCH3 is 1. The van der Waals surface area contributed by atoms with Crippen LogP contribution in [0.3, 0.4) is 0 Å². The minimum atomic E-state index is -0.754. The van der Waals surface area contributed by atoms with Crippen LogP contribution in [0.4, 0.5) is 5.69 Å². The van der Waals surface area contributed by atoms with E-state index in [4.69, 9.17) is 20.8 Å². The number of benzene rings is 3. The lowest BCUT2D eigenvalue weighted by Crippen LogP contribution is -2.31. The van der Waals surface area contributed by atoms with Crippen molar-refractivity contribution in [2.75, 3.05) is 13.7 Å². The number of nitro groups is 1. The average molecular weight is 491 g/mol. The second-order valence-corrected chi connectivity index (χ2v) is 8.60. The number of hydrogen-bond acceptors (Lipinski definition) is 6. The molecule has 1 unspecified atom stereocenters. The molecule has 9 heteroatoms. The molecule has 8 nitrogen and oxygen atoms in total. The molecule has 0 aliphatic carbocycles. The highest BCUT2D eigenvalue weighted by molar-refractivity contribution is 6.31. The third-order valence-corrected chi connectivity index (χ3v) is 6.38. The first-order valence-corrected chi connectivity index (χ1v) is 11.2. The van der Waals surface area contributed by atoms with Gasteiger partial charge in [-0.3, -0.25) is 19.7 Å². The van der Waals surface area contributed by atoms with Gasteiger partial charge in [-0.05, 0) is 60.0 Å². The minimum absolute atomic E-state index is 0.0251. The summed E-state index contributed by atoms with van der Waals surface area (Å²) in [7, 11) is 1.59. The van der Waals surface area contributed by atoms with Crippen LogP contribution in [0.1, 0.15) is 33.3 Å². The molecule has 0 fully saturated rings. The van der Waals surface area contributed by atoms with Gasteiger partial charge in [0.25, 0.3) is 11.6 Å². The molecule has 0 saturated carbocycles. The van der Waals surface area contributed by atoms with Crippen LogP contribution >= 0.6 is 11.6 Å². The number of fused-ring (bicyclic) bond motifs is 2. The zero-order valence-electron chi connectivity index (χ0n) is 18.6. The van der Waals surface area contributed by atoms with Crippen LogP contribution in [-0.4, -0.2) is 29.4 Å². The van der Waals surface area contributed by atoms with E-state index < -0.39 is 16.9 Å².